The second-order valence-corrected chi connectivity index (χ2v) is 3.79. The van der Waals surface area contributed by atoms with Crippen molar-refractivity contribution in [1.29, 1.82) is 0 Å². The fourth-order valence-electron chi connectivity index (χ4n) is 2.11. The summed E-state index contributed by atoms with van der Waals surface area (Å²) in [5, 5.41) is 0. The zero-order chi connectivity index (χ0) is 9.26. The highest BCUT2D eigenvalue weighted by molar-refractivity contribution is 5.23. The van der Waals surface area contributed by atoms with E-state index in [2.05, 4.69) is 0 Å². The molecule has 70 valence electrons. The number of hydrogen-bond donors (Lipinski definition) is 1. The van der Waals surface area contributed by atoms with Gasteiger partial charge in [0.25, 0.3) is 0 Å². The van der Waals surface area contributed by atoms with Crippen LogP contribution in [0, 0.1) is 5.82 Å². The van der Waals surface area contributed by atoms with Crippen LogP contribution < -0.4 is 5.73 Å². The van der Waals surface area contributed by atoms with Crippen LogP contribution in [-0.2, 0) is 0 Å². The van der Waals surface area contributed by atoms with Crippen molar-refractivity contribution in [3.63, 3.8) is 0 Å². The molecule has 0 unspecified atom stereocenters. The highest BCUT2D eigenvalue weighted by atomic mass is 19.1. The molecule has 0 heterocycles. The average Bonchev–Trinajstić information content (AvgIpc) is 2.53. The van der Waals surface area contributed by atoms with Gasteiger partial charge in [-0.15, -0.1) is 0 Å². The van der Waals surface area contributed by atoms with Crippen molar-refractivity contribution in [1.82, 2.24) is 0 Å². The molecule has 2 heteroatoms. The van der Waals surface area contributed by atoms with Crippen molar-refractivity contribution in [2.24, 2.45) is 5.73 Å². The Morgan fingerprint density at radius 3 is 2.62 bits per heavy atom. The van der Waals surface area contributed by atoms with E-state index in [1.165, 1.54) is 6.07 Å². The fraction of sp³-hybridized carbons (Fsp3) is 0.455. The number of benzene rings is 1. The van der Waals surface area contributed by atoms with Gasteiger partial charge in [0.15, 0.2) is 0 Å². The van der Waals surface area contributed by atoms with Crippen LogP contribution in [0.4, 0.5) is 4.39 Å². The predicted octanol–water partition coefficient (Wildman–Crippen LogP) is 2.42. The standard InChI is InChI=1S/C11H14FN/c12-11-4-2-1-3-10(11)8-5-6-9(13)7-8/h1-4,8-9H,5-7,13H2/t8-,9+/m0/s1. The van der Waals surface area contributed by atoms with Crippen LogP contribution in [0.5, 0.6) is 0 Å². The molecule has 0 aliphatic heterocycles. The average molecular weight is 179 g/mol. The topological polar surface area (TPSA) is 26.0 Å². The second-order valence-electron chi connectivity index (χ2n) is 3.79. The molecule has 0 saturated heterocycles. The van der Waals surface area contributed by atoms with Gasteiger partial charge in [-0.1, -0.05) is 18.2 Å². The van der Waals surface area contributed by atoms with Gasteiger partial charge in [-0.25, -0.2) is 4.39 Å². The molecule has 2 atom stereocenters. The Bertz CT molecular complexity index is 298. The molecule has 1 aromatic rings. The lowest BCUT2D eigenvalue weighted by Crippen LogP contribution is -2.14. The Hall–Kier alpha value is -0.890. The van der Waals surface area contributed by atoms with Gasteiger partial charge in [-0.05, 0) is 36.8 Å². The van der Waals surface area contributed by atoms with Crippen LogP contribution in [0.3, 0.4) is 0 Å². The fourth-order valence-corrected chi connectivity index (χ4v) is 2.11. The zero-order valence-electron chi connectivity index (χ0n) is 7.54. The van der Waals surface area contributed by atoms with Gasteiger partial charge in [-0.3, -0.25) is 0 Å². The SMILES string of the molecule is N[C@@H]1CC[C@H](c2ccccc2F)C1. The summed E-state index contributed by atoms with van der Waals surface area (Å²) in [5.41, 5.74) is 6.63. The molecule has 1 aliphatic rings. The van der Waals surface area contributed by atoms with E-state index in [1.54, 1.807) is 6.07 Å². The smallest absolute Gasteiger partial charge is 0.126 e. The molecule has 0 amide bonds. The summed E-state index contributed by atoms with van der Waals surface area (Å²) in [7, 11) is 0. The van der Waals surface area contributed by atoms with E-state index in [0.29, 0.717) is 5.92 Å². The Morgan fingerprint density at radius 2 is 2.00 bits per heavy atom. The lowest BCUT2D eigenvalue weighted by molar-refractivity contribution is 0.576. The van der Waals surface area contributed by atoms with Crippen LogP contribution in [0.25, 0.3) is 0 Å². The van der Waals surface area contributed by atoms with Crippen LogP contribution in [-0.4, -0.2) is 6.04 Å². The first-order chi connectivity index (χ1) is 6.27. The van der Waals surface area contributed by atoms with E-state index < -0.39 is 0 Å². The minimum atomic E-state index is -0.0819. The van der Waals surface area contributed by atoms with Gasteiger partial charge < -0.3 is 5.73 Å². The summed E-state index contributed by atoms with van der Waals surface area (Å²) in [4.78, 5) is 0. The largest absolute Gasteiger partial charge is 0.328 e. The lowest BCUT2D eigenvalue weighted by Gasteiger charge is -2.10. The molecule has 2 N–H and O–H groups in total. The van der Waals surface area contributed by atoms with Crippen LogP contribution >= 0.6 is 0 Å². The Labute approximate surface area is 77.8 Å². The minimum absolute atomic E-state index is 0.0819. The summed E-state index contributed by atoms with van der Waals surface area (Å²) in [6, 6.07) is 7.29. The first-order valence-corrected chi connectivity index (χ1v) is 4.77. The van der Waals surface area contributed by atoms with E-state index in [1.807, 2.05) is 12.1 Å². The summed E-state index contributed by atoms with van der Waals surface area (Å²) in [6.07, 6.45) is 2.99. The molecule has 1 nitrogen and oxygen atoms in total. The number of halogens is 1. The van der Waals surface area contributed by atoms with Crippen molar-refractivity contribution in [2.45, 2.75) is 31.2 Å². The van der Waals surface area contributed by atoms with Gasteiger partial charge >= 0.3 is 0 Å². The van der Waals surface area contributed by atoms with Gasteiger partial charge in [0.05, 0.1) is 0 Å². The summed E-state index contributed by atoms with van der Waals surface area (Å²) < 4.78 is 13.3. The maximum Gasteiger partial charge on any atom is 0.126 e. The molecule has 1 aromatic carbocycles. The van der Waals surface area contributed by atoms with Crippen molar-refractivity contribution in [3.05, 3.63) is 35.6 Å². The number of hydrogen-bond acceptors (Lipinski definition) is 1. The Balaban J connectivity index is 2.21. The van der Waals surface area contributed by atoms with Crippen LogP contribution in [0.1, 0.15) is 30.7 Å². The third-order valence-corrected chi connectivity index (χ3v) is 2.82. The Kier molecular flexibility index (Phi) is 2.32. The third kappa shape index (κ3) is 1.73. The van der Waals surface area contributed by atoms with Gasteiger partial charge in [0.1, 0.15) is 5.82 Å². The highest BCUT2D eigenvalue weighted by Crippen LogP contribution is 2.34. The van der Waals surface area contributed by atoms with E-state index in [9.17, 15) is 4.39 Å². The van der Waals surface area contributed by atoms with E-state index in [-0.39, 0.29) is 11.9 Å². The molecule has 2 rings (SSSR count). The summed E-state index contributed by atoms with van der Waals surface area (Å²) >= 11 is 0. The van der Waals surface area contributed by atoms with Crippen LogP contribution in [0.2, 0.25) is 0 Å². The predicted molar refractivity (Wildman–Crippen MR) is 51.0 cm³/mol. The molecule has 1 saturated carbocycles. The molecular weight excluding hydrogens is 165 g/mol. The van der Waals surface area contributed by atoms with Crippen LogP contribution in [0.15, 0.2) is 24.3 Å². The van der Waals surface area contributed by atoms with E-state index in [4.69, 9.17) is 5.73 Å². The quantitative estimate of drug-likeness (QED) is 0.704. The summed E-state index contributed by atoms with van der Waals surface area (Å²) in [5.74, 6) is 0.262. The minimum Gasteiger partial charge on any atom is -0.328 e. The normalized spacial score (nSPS) is 27.8. The highest BCUT2D eigenvalue weighted by Gasteiger charge is 2.24. The maximum absolute atomic E-state index is 13.3. The van der Waals surface area contributed by atoms with Gasteiger partial charge in [0, 0.05) is 6.04 Å². The molecule has 1 aliphatic carbocycles. The second kappa shape index (κ2) is 3.46. The van der Waals surface area contributed by atoms with Gasteiger partial charge in [0.2, 0.25) is 0 Å². The molecule has 0 aromatic heterocycles. The first-order valence-electron chi connectivity index (χ1n) is 4.77. The summed E-state index contributed by atoms with van der Waals surface area (Å²) in [6.45, 7) is 0. The number of nitrogens with two attached hydrogens (primary N) is 1. The monoisotopic (exact) mass is 179 g/mol. The lowest BCUT2D eigenvalue weighted by atomic mass is 9.97. The zero-order valence-corrected chi connectivity index (χ0v) is 7.54. The molecule has 13 heavy (non-hydrogen) atoms. The van der Waals surface area contributed by atoms with Crippen molar-refractivity contribution >= 4 is 0 Å². The Morgan fingerprint density at radius 1 is 1.23 bits per heavy atom. The first kappa shape index (κ1) is 8.70. The maximum atomic E-state index is 13.3. The van der Waals surface area contributed by atoms with Crippen molar-refractivity contribution in [2.75, 3.05) is 0 Å². The third-order valence-electron chi connectivity index (χ3n) is 2.82. The molecule has 1 fully saturated rings. The molecular formula is C11H14FN. The van der Waals surface area contributed by atoms with Gasteiger partial charge in [-0.2, -0.15) is 0 Å². The van der Waals surface area contributed by atoms with E-state index >= 15 is 0 Å². The molecule has 0 spiro atoms. The van der Waals surface area contributed by atoms with Crippen molar-refractivity contribution < 1.29 is 4.39 Å². The number of rotatable bonds is 1. The van der Waals surface area contributed by atoms with Crippen molar-refractivity contribution in [3.8, 4) is 0 Å². The molecule has 0 bridgehead atoms. The van der Waals surface area contributed by atoms with E-state index in [0.717, 1.165) is 24.8 Å². The molecule has 0 radical (unpaired) electrons.